The Morgan fingerprint density at radius 2 is 2.07 bits per heavy atom. The van der Waals surface area contributed by atoms with Crippen molar-refractivity contribution in [1.82, 2.24) is 20.7 Å². The first-order valence-electron chi connectivity index (χ1n) is 9.15. The molecule has 146 valence electrons. The first-order valence-corrected chi connectivity index (χ1v) is 9.15. The van der Waals surface area contributed by atoms with Crippen molar-refractivity contribution in [1.29, 1.82) is 0 Å². The van der Waals surface area contributed by atoms with Crippen molar-refractivity contribution < 1.29 is 18.5 Å². The van der Waals surface area contributed by atoms with Gasteiger partial charge in [0.2, 0.25) is 5.91 Å². The normalized spacial score (nSPS) is 20.2. The van der Waals surface area contributed by atoms with Crippen molar-refractivity contribution in [3.8, 4) is 0 Å². The maximum absolute atomic E-state index is 12.6. The molecule has 0 spiro atoms. The number of nitrogens with zero attached hydrogens (tertiary/aromatic N) is 2. The van der Waals surface area contributed by atoms with Gasteiger partial charge in [0.25, 0.3) is 5.91 Å². The first-order chi connectivity index (χ1) is 12.8. The minimum atomic E-state index is -0.331. The summed E-state index contributed by atoms with van der Waals surface area (Å²) in [4.78, 5) is 27.0. The van der Waals surface area contributed by atoms with Crippen LogP contribution in [-0.4, -0.2) is 46.5 Å². The molecular formula is C19H26N4O4. The molecule has 2 amide bonds. The lowest BCUT2D eigenvalue weighted by molar-refractivity contribution is -0.126. The molecular weight excluding hydrogens is 348 g/mol. The average Bonchev–Trinajstić information content (AvgIpc) is 3.28. The summed E-state index contributed by atoms with van der Waals surface area (Å²) in [5.74, 6) is 1.88. The van der Waals surface area contributed by atoms with E-state index < -0.39 is 0 Å². The molecule has 2 atom stereocenters. The molecule has 0 bridgehead atoms. The second-order valence-corrected chi connectivity index (χ2v) is 7.35. The average molecular weight is 374 g/mol. The van der Waals surface area contributed by atoms with Crippen LogP contribution in [0.3, 0.4) is 0 Å². The maximum Gasteiger partial charge on any atom is 0.273 e. The van der Waals surface area contributed by atoms with Crippen molar-refractivity contribution in [2.24, 2.45) is 0 Å². The number of carbonyl (C=O) groups excluding carboxylic acids is 2. The molecule has 3 heterocycles. The van der Waals surface area contributed by atoms with Crippen LogP contribution in [0.25, 0.3) is 0 Å². The van der Waals surface area contributed by atoms with E-state index in [4.69, 9.17) is 8.94 Å². The Kier molecular flexibility index (Phi) is 5.65. The Bertz CT molecular complexity index is 810. The Morgan fingerprint density at radius 3 is 2.67 bits per heavy atom. The third-order valence-electron chi connectivity index (χ3n) is 4.49. The fraction of sp³-hybridized carbons (Fsp3) is 0.526. The second-order valence-electron chi connectivity index (χ2n) is 7.35. The van der Waals surface area contributed by atoms with E-state index in [0.29, 0.717) is 25.3 Å². The Labute approximate surface area is 158 Å². The molecule has 0 saturated carbocycles. The molecule has 1 aliphatic heterocycles. The molecule has 0 aromatic carbocycles. The molecule has 2 N–H and O–H groups in total. The van der Waals surface area contributed by atoms with E-state index in [1.54, 1.807) is 13.0 Å². The Balaban J connectivity index is 1.69. The lowest BCUT2D eigenvalue weighted by atomic mass is 10.1. The zero-order valence-corrected chi connectivity index (χ0v) is 16.1. The van der Waals surface area contributed by atoms with E-state index >= 15 is 0 Å². The van der Waals surface area contributed by atoms with E-state index in [1.165, 1.54) is 0 Å². The summed E-state index contributed by atoms with van der Waals surface area (Å²) in [6.07, 6.45) is 0.529. The predicted octanol–water partition coefficient (Wildman–Crippen LogP) is 1.78. The van der Waals surface area contributed by atoms with Gasteiger partial charge in [0.1, 0.15) is 17.3 Å². The number of aryl methyl sites for hydroxylation is 2. The summed E-state index contributed by atoms with van der Waals surface area (Å²) < 4.78 is 10.6. The molecule has 1 saturated heterocycles. The number of likely N-dealkylation sites (tertiary alicyclic amines) is 1. The fourth-order valence-electron chi connectivity index (χ4n) is 3.34. The molecule has 3 rings (SSSR count). The van der Waals surface area contributed by atoms with Crippen LogP contribution in [0, 0.1) is 13.8 Å². The van der Waals surface area contributed by atoms with Crippen molar-refractivity contribution in [3.05, 3.63) is 41.2 Å². The van der Waals surface area contributed by atoms with Gasteiger partial charge in [0.05, 0.1) is 12.6 Å². The van der Waals surface area contributed by atoms with Gasteiger partial charge in [0, 0.05) is 24.7 Å². The molecule has 1 fully saturated rings. The van der Waals surface area contributed by atoms with Gasteiger partial charge in [-0.05, 0) is 46.2 Å². The van der Waals surface area contributed by atoms with Gasteiger partial charge in [-0.3, -0.25) is 14.5 Å². The molecule has 0 unspecified atom stereocenters. The first kappa shape index (κ1) is 19.2. The number of amides is 2. The number of hydrogen-bond acceptors (Lipinski definition) is 6. The van der Waals surface area contributed by atoms with Crippen molar-refractivity contribution in [2.45, 2.75) is 58.8 Å². The lowest BCUT2D eigenvalue weighted by Gasteiger charge is -2.23. The monoisotopic (exact) mass is 374 g/mol. The summed E-state index contributed by atoms with van der Waals surface area (Å²) in [6, 6.07) is 4.97. The number of rotatable bonds is 6. The molecule has 0 radical (unpaired) electrons. The van der Waals surface area contributed by atoms with Crippen LogP contribution >= 0.6 is 0 Å². The third kappa shape index (κ3) is 4.77. The topological polar surface area (TPSA) is 101 Å². The molecule has 2 aromatic rings. The van der Waals surface area contributed by atoms with Gasteiger partial charge < -0.3 is 19.6 Å². The van der Waals surface area contributed by atoms with Crippen LogP contribution in [-0.2, 0) is 11.3 Å². The summed E-state index contributed by atoms with van der Waals surface area (Å²) in [6.45, 7) is 8.55. The highest BCUT2D eigenvalue weighted by Crippen LogP contribution is 2.22. The third-order valence-corrected chi connectivity index (χ3v) is 4.49. The van der Waals surface area contributed by atoms with Crippen LogP contribution in [0.15, 0.2) is 27.1 Å². The van der Waals surface area contributed by atoms with Crippen molar-refractivity contribution in [3.63, 3.8) is 0 Å². The highest BCUT2D eigenvalue weighted by atomic mass is 16.5. The summed E-state index contributed by atoms with van der Waals surface area (Å²) in [7, 11) is 0. The molecule has 8 heteroatoms. The number of furan rings is 1. The van der Waals surface area contributed by atoms with Gasteiger partial charge in [-0.25, -0.2) is 0 Å². The van der Waals surface area contributed by atoms with Gasteiger partial charge >= 0.3 is 0 Å². The van der Waals surface area contributed by atoms with Crippen LogP contribution < -0.4 is 10.6 Å². The van der Waals surface area contributed by atoms with E-state index in [1.807, 2.05) is 37.8 Å². The van der Waals surface area contributed by atoms with E-state index in [2.05, 4.69) is 15.8 Å². The summed E-state index contributed by atoms with van der Waals surface area (Å²) in [5, 5.41) is 9.66. The molecule has 8 nitrogen and oxygen atoms in total. The summed E-state index contributed by atoms with van der Waals surface area (Å²) in [5.41, 5.74) is 0.246. The quantitative estimate of drug-likeness (QED) is 0.799. The number of aromatic nitrogens is 1. The molecule has 0 aliphatic carbocycles. The van der Waals surface area contributed by atoms with Crippen LogP contribution in [0.2, 0.25) is 0 Å². The highest BCUT2D eigenvalue weighted by molar-refractivity contribution is 5.92. The van der Waals surface area contributed by atoms with E-state index in [-0.39, 0.29) is 35.6 Å². The van der Waals surface area contributed by atoms with Gasteiger partial charge in [-0.2, -0.15) is 0 Å². The summed E-state index contributed by atoms with van der Waals surface area (Å²) >= 11 is 0. The number of nitrogens with one attached hydrogen (secondary N) is 2. The van der Waals surface area contributed by atoms with Crippen LogP contribution in [0.5, 0.6) is 0 Å². The molecule has 1 aliphatic rings. The smallest absolute Gasteiger partial charge is 0.273 e. The zero-order chi connectivity index (χ0) is 19.6. The lowest BCUT2D eigenvalue weighted by Crippen LogP contribution is -2.45. The van der Waals surface area contributed by atoms with Gasteiger partial charge in [-0.1, -0.05) is 5.16 Å². The Hall–Kier alpha value is -2.61. The minimum absolute atomic E-state index is 0.0395. The number of carbonyl (C=O) groups is 2. The highest BCUT2D eigenvalue weighted by Gasteiger charge is 2.38. The fourth-order valence-corrected chi connectivity index (χ4v) is 3.34. The van der Waals surface area contributed by atoms with Gasteiger partial charge in [0.15, 0.2) is 5.69 Å². The zero-order valence-electron chi connectivity index (χ0n) is 16.1. The van der Waals surface area contributed by atoms with Crippen LogP contribution in [0.4, 0.5) is 0 Å². The Morgan fingerprint density at radius 1 is 1.30 bits per heavy atom. The van der Waals surface area contributed by atoms with E-state index in [0.717, 1.165) is 11.5 Å². The second kappa shape index (κ2) is 7.96. The molecule has 2 aromatic heterocycles. The standard InChI is InChI=1S/C19H26N4O4/c1-11(2)20-19(25)17-8-14(21-18(24)16-7-13(4)27-22-16)9-23(17)10-15-6-5-12(3)26-15/h5-7,11,14,17H,8-10H2,1-4H3,(H,20,25)(H,21,24)/t14-,17+/m1/s1. The van der Waals surface area contributed by atoms with Crippen LogP contribution in [0.1, 0.15) is 48.0 Å². The maximum atomic E-state index is 12.6. The van der Waals surface area contributed by atoms with Crippen molar-refractivity contribution in [2.75, 3.05) is 6.54 Å². The molecule has 27 heavy (non-hydrogen) atoms. The largest absolute Gasteiger partial charge is 0.465 e. The minimum Gasteiger partial charge on any atom is -0.465 e. The van der Waals surface area contributed by atoms with Gasteiger partial charge in [-0.15, -0.1) is 0 Å². The van der Waals surface area contributed by atoms with E-state index in [9.17, 15) is 9.59 Å². The van der Waals surface area contributed by atoms with Crippen molar-refractivity contribution >= 4 is 11.8 Å². The SMILES string of the molecule is Cc1cc(C(=O)N[C@@H]2C[C@@H](C(=O)NC(C)C)N(Cc3ccc(C)o3)C2)no1. The predicted molar refractivity (Wildman–Crippen MR) is 98.0 cm³/mol. The number of hydrogen-bond donors (Lipinski definition) is 2.